The number of ether oxygens (including phenoxy) is 2. The number of amides is 1. The quantitative estimate of drug-likeness (QED) is 0.405. The number of hydrogen-bond acceptors (Lipinski definition) is 10. The van der Waals surface area contributed by atoms with Crippen molar-refractivity contribution < 1.29 is 14.3 Å². The van der Waals surface area contributed by atoms with E-state index in [1.807, 2.05) is 36.4 Å². The molecule has 0 aliphatic carbocycles. The lowest BCUT2D eigenvalue weighted by Crippen LogP contribution is -2.44. The summed E-state index contributed by atoms with van der Waals surface area (Å²) in [6.07, 6.45) is 2.66. The number of anilines is 6. The summed E-state index contributed by atoms with van der Waals surface area (Å²) in [5.41, 5.74) is 3.05. The Kier molecular flexibility index (Phi) is 7.24. The zero-order valence-electron chi connectivity index (χ0n) is 21.0. The minimum atomic E-state index is -0.331. The number of para-hydroxylation sites is 1. The SMILES string of the molecule is C=CC(=O)Nc1cc(N2CCN(C)CC2)ccc1Nc1ncc(C#N)c(Nc2cccc3c2OCCO3)n1. The third-order valence-corrected chi connectivity index (χ3v) is 6.29. The molecule has 3 heterocycles. The van der Waals surface area contributed by atoms with Gasteiger partial charge in [-0.2, -0.15) is 10.2 Å². The first-order valence-corrected chi connectivity index (χ1v) is 12.2. The van der Waals surface area contributed by atoms with Crippen molar-refractivity contribution in [2.75, 3.05) is 67.3 Å². The summed E-state index contributed by atoms with van der Waals surface area (Å²) < 4.78 is 11.4. The van der Waals surface area contributed by atoms with E-state index < -0.39 is 0 Å². The zero-order valence-corrected chi connectivity index (χ0v) is 21.0. The Morgan fingerprint density at radius 1 is 1.08 bits per heavy atom. The van der Waals surface area contributed by atoms with Crippen LogP contribution in [0, 0.1) is 11.3 Å². The molecule has 1 saturated heterocycles. The predicted molar refractivity (Wildman–Crippen MR) is 146 cm³/mol. The second-order valence-electron chi connectivity index (χ2n) is 8.86. The molecule has 0 atom stereocenters. The number of nitriles is 1. The highest BCUT2D eigenvalue weighted by Crippen LogP contribution is 2.39. The van der Waals surface area contributed by atoms with Crippen LogP contribution in [0.4, 0.5) is 34.5 Å². The number of benzene rings is 2. The molecule has 38 heavy (non-hydrogen) atoms. The average molecular weight is 513 g/mol. The molecule has 1 aromatic heterocycles. The average Bonchev–Trinajstić information content (AvgIpc) is 2.95. The van der Waals surface area contributed by atoms with Crippen LogP contribution in [-0.4, -0.2) is 67.2 Å². The first kappa shape index (κ1) is 24.9. The minimum Gasteiger partial charge on any atom is -0.486 e. The van der Waals surface area contributed by atoms with Crippen molar-refractivity contribution in [3.05, 3.63) is 60.8 Å². The van der Waals surface area contributed by atoms with Gasteiger partial charge >= 0.3 is 0 Å². The normalized spacial score (nSPS) is 14.8. The van der Waals surface area contributed by atoms with Gasteiger partial charge < -0.3 is 35.2 Å². The van der Waals surface area contributed by atoms with Crippen molar-refractivity contribution in [1.29, 1.82) is 5.26 Å². The van der Waals surface area contributed by atoms with Gasteiger partial charge in [0.15, 0.2) is 17.3 Å². The van der Waals surface area contributed by atoms with Gasteiger partial charge in [-0.25, -0.2) is 4.98 Å². The number of likely N-dealkylation sites (N-methyl/N-ethyl adjacent to an activating group) is 1. The van der Waals surface area contributed by atoms with Crippen LogP contribution in [0.15, 0.2) is 55.3 Å². The van der Waals surface area contributed by atoms with Crippen LogP contribution in [0.5, 0.6) is 11.5 Å². The Bertz CT molecular complexity index is 1400. The van der Waals surface area contributed by atoms with Gasteiger partial charge in [0.05, 0.1) is 23.3 Å². The summed E-state index contributed by atoms with van der Waals surface area (Å²) in [5, 5.41) is 18.9. The van der Waals surface area contributed by atoms with Gasteiger partial charge in [-0.1, -0.05) is 12.6 Å². The van der Waals surface area contributed by atoms with E-state index >= 15 is 0 Å². The van der Waals surface area contributed by atoms with E-state index in [2.05, 4.69) is 55.4 Å². The fraction of sp³-hybridized carbons (Fsp3) is 0.259. The monoisotopic (exact) mass is 512 g/mol. The zero-order chi connectivity index (χ0) is 26.5. The predicted octanol–water partition coefficient (Wildman–Crippen LogP) is 3.48. The van der Waals surface area contributed by atoms with Crippen LogP contribution in [-0.2, 0) is 4.79 Å². The topological polar surface area (TPSA) is 128 Å². The minimum absolute atomic E-state index is 0.245. The molecule has 2 aromatic carbocycles. The van der Waals surface area contributed by atoms with Crippen molar-refractivity contribution in [3.63, 3.8) is 0 Å². The first-order chi connectivity index (χ1) is 18.5. The van der Waals surface area contributed by atoms with Gasteiger partial charge in [-0.15, -0.1) is 0 Å². The lowest BCUT2D eigenvalue weighted by atomic mass is 10.2. The fourth-order valence-electron chi connectivity index (χ4n) is 4.23. The van der Waals surface area contributed by atoms with E-state index in [-0.39, 0.29) is 17.4 Å². The molecule has 0 spiro atoms. The Hall–Kier alpha value is -4.82. The lowest BCUT2D eigenvalue weighted by molar-refractivity contribution is -0.111. The van der Waals surface area contributed by atoms with Crippen molar-refractivity contribution in [1.82, 2.24) is 14.9 Å². The largest absolute Gasteiger partial charge is 0.486 e. The van der Waals surface area contributed by atoms with Crippen LogP contribution >= 0.6 is 0 Å². The van der Waals surface area contributed by atoms with Crippen LogP contribution in [0.25, 0.3) is 0 Å². The Morgan fingerprint density at radius 3 is 2.68 bits per heavy atom. The maximum atomic E-state index is 12.2. The third-order valence-electron chi connectivity index (χ3n) is 6.29. The van der Waals surface area contributed by atoms with E-state index in [9.17, 15) is 10.1 Å². The molecule has 0 unspecified atom stereocenters. The van der Waals surface area contributed by atoms with Gasteiger partial charge in [0.25, 0.3) is 0 Å². The molecular weight excluding hydrogens is 484 g/mol. The molecule has 194 valence electrons. The number of rotatable bonds is 7. The smallest absolute Gasteiger partial charge is 0.247 e. The van der Waals surface area contributed by atoms with E-state index in [0.717, 1.165) is 31.9 Å². The molecule has 3 aromatic rings. The third kappa shape index (κ3) is 5.45. The molecule has 0 bridgehead atoms. The lowest BCUT2D eigenvalue weighted by Gasteiger charge is -2.34. The van der Waals surface area contributed by atoms with Crippen molar-refractivity contribution in [2.45, 2.75) is 0 Å². The van der Waals surface area contributed by atoms with Crippen molar-refractivity contribution >= 4 is 40.4 Å². The van der Waals surface area contributed by atoms with Gasteiger partial charge in [0, 0.05) is 31.9 Å². The number of hydrogen-bond donors (Lipinski definition) is 3. The first-order valence-electron chi connectivity index (χ1n) is 12.2. The van der Waals surface area contributed by atoms with Crippen LogP contribution < -0.4 is 30.3 Å². The summed E-state index contributed by atoms with van der Waals surface area (Å²) in [6.45, 7) is 8.17. The molecule has 0 radical (unpaired) electrons. The number of aromatic nitrogens is 2. The summed E-state index contributed by atoms with van der Waals surface area (Å²) in [5.74, 6) is 1.40. The summed E-state index contributed by atoms with van der Waals surface area (Å²) >= 11 is 0. The molecule has 2 aliphatic rings. The van der Waals surface area contributed by atoms with Crippen LogP contribution in [0.1, 0.15) is 5.56 Å². The maximum absolute atomic E-state index is 12.2. The van der Waals surface area contributed by atoms with E-state index in [0.29, 0.717) is 47.6 Å². The Morgan fingerprint density at radius 2 is 1.89 bits per heavy atom. The molecule has 2 aliphatic heterocycles. The van der Waals surface area contributed by atoms with Crippen LogP contribution in [0.3, 0.4) is 0 Å². The Labute approximate surface area is 220 Å². The molecule has 3 N–H and O–H groups in total. The van der Waals surface area contributed by atoms with Gasteiger partial charge in [-0.05, 0) is 43.5 Å². The molecule has 11 heteroatoms. The summed E-state index contributed by atoms with van der Waals surface area (Å²) in [7, 11) is 2.11. The molecule has 11 nitrogen and oxygen atoms in total. The highest BCUT2D eigenvalue weighted by molar-refractivity contribution is 6.02. The van der Waals surface area contributed by atoms with E-state index in [4.69, 9.17) is 9.47 Å². The molecule has 1 fully saturated rings. The van der Waals surface area contributed by atoms with E-state index in [1.165, 1.54) is 12.3 Å². The van der Waals surface area contributed by atoms with Crippen molar-refractivity contribution in [3.8, 4) is 17.6 Å². The molecular formula is C27H28N8O3. The number of carbonyl (C=O) groups is 1. The maximum Gasteiger partial charge on any atom is 0.247 e. The second kappa shape index (κ2) is 11.1. The van der Waals surface area contributed by atoms with Gasteiger partial charge in [0.1, 0.15) is 24.8 Å². The number of carbonyl (C=O) groups excluding carboxylic acids is 1. The Balaban J connectivity index is 1.43. The standard InChI is InChI=1S/C27H28N8O3/c1-3-24(36)30-22-15-19(35-11-9-34(2)10-12-35)7-8-20(22)32-27-29-17-18(16-28)26(33-27)31-21-5-4-6-23-25(21)38-14-13-37-23/h3-8,15,17H,1,9-14H2,2H3,(H,30,36)(H2,29,31,32,33). The molecule has 1 amide bonds. The van der Waals surface area contributed by atoms with Gasteiger partial charge in [0.2, 0.25) is 11.9 Å². The molecule has 5 rings (SSSR count). The van der Waals surface area contributed by atoms with Crippen LogP contribution in [0.2, 0.25) is 0 Å². The highest BCUT2D eigenvalue weighted by atomic mass is 16.6. The van der Waals surface area contributed by atoms with Crippen molar-refractivity contribution in [2.24, 2.45) is 0 Å². The van der Waals surface area contributed by atoms with E-state index in [1.54, 1.807) is 0 Å². The molecule has 0 saturated carbocycles. The fourth-order valence-corrected chi connectivity index (χ4v) is 4.23. The highest BCUT2D eigenvalue weighted by Gasteiger charge is 2.19. The van der Waals surface area contributed by atoms with Gasteiger partial charge in [-0.3, -0.25) is 4.79 Å². The summed E-state index contributed by atoms with van der Waals surface area (Å²) in [6, 6.07) is 13.4. The summed E-state index contributed by atoms with van der Waals surface area (Å²) in [4.78, 5) is 25.6. The second-order valence-corrected chi connectivity index (χ2v) is 8.86. The number of nitrogens with one attached hydrogen (secondary N) is 3. The number of piperazine rings is 1. The number of fused-ring (bicyclic) bond motifs is 1. The number of nitrogens with zero attached hydrogens (tertiary/aromatic N) is 5.